The van der Waals surface area contributed by atoms with Crippen molar-refractivity contribution in [2.45, 2.75) is 164 Å². The number of Topliss-reactive ketones (excluding diaryl/α,β-unsaturated/α-hetero) is 1. The highest BCUT2D eigenvalue weighted by atomic mass is 16.8. The van der Waals surface area contributed by atoms with E-state index in [9.17, 15) is 55.9 Å². The highest BCUT2D eigenvalue weighted by Gasteiger charge is 2.71. The Morgan fingerprint density at radius 2 is 1.58 bits per heavy atom. The Kier molecular flexibility index (Phi) is 13.2. The summed E-state index contributed by atoms with van der Waals surface area (Å²) in [7, 11) is 1.36. The van der Waals surface area contributed by atoms with E-state index in [-0.39, 0.29) is 49.6 Å². The van der Waals surface area contributed by atoms with Crippen LogP contribution in [0.25, 0.3) is 0 Å². The Morgan fingerprint density at radius 3 is 2.25 bits per heavy atom. The predicted molar refractivity (Wildman–Crippen MR) is 191 cm³/mol. The lowest BCUT2D eigenvalue weighted by atomic mass is 9.41. The van der Waals surface area contributed by atoms with Crippen molar-refractivity contribution in [1.82, 2.24) is 0 Å². The smallest absolute Gasteiger partial charge is 0.187 e. The number of methoxy groups -OCH3 is 1. The maximum absolute atomic E-state index is 13.5. The summed E-state index contributed by atoms with van der Waals surface area (Å²) in [5.74, 6) is -2.03. The molecule has 0 bridgehead atoms. The summed E-state index contributed by atoms with van der Waals surface area (Å²) in [6.07, 6.45) is -12.3. The van der Waals surface area contributed by atoms with Gasteiger partial charge in [0, 0.05) is 37.7 Å². The van der Waals surface area contributed by atoms with E-state index >= 15 is 0 Å². The molecular formula is C39H66O16. The van der Waals surface area contributed by atoms with Gasteiger partial charge in [0.05, 0.1) is 49.8 Å². The number of carbonyl (C=O) groups is 1. The average molecular weight is 791 g/mol. The van der Waals surface area contributed by atoms with Crippen molar-refractivity contribution in [3.63, 3.8) is 0 Å². The molecule has 0 aromatic carbocycles. The van der Waals surface area contributed by atoms with Crippen molar-refractivity contribution in [2.24, 2.45) is 46.3 Å². The Morgan fingerprint density at radius 1 is 0.891 bits per heavy atom. The van der Waals surface area contributed by atoms with E-state index in [2.05, 4.69) is 13.8 Å². The largest absolute Gasteiger partial charge is 0.394 e. The van der Waals surface area contributed by atoms with Gasteiger partial charge in [-0.3, -0.25) is 4.79 Å². The second-order valence-electron chi connectivity index (χ2n) is 18.4. The topological polar surface area (TPSA) is 266 Å². The van der Waals surface area contributed by atoms with Crippen LogP contribution in [0.4, 0.5) is 0 Å². The second kappa shape index (κ2) is 16.6. The fourth-order valence-corrected chi connectivity index (χ4v) is 12.3. The minimum Gasteiger partial charge on any atom is -0.394 e. The highest BCUT2D eigenvalue weighted by Crippen LogP contribution is 2.69. The number of aliphatic hydroxyl groups excluding tert-OH is 9. The van der Waals surface area contributed by atoms with Gasteiger partial charge in [0.1, 0.15) is 48.5 Å². The maximum Gasteiger partial charge on any atom is 0.187 e. The molecule has 2 heterocycles. The Labute approximate surface area is 322 Å². The molecule has 22 unspecified atom stereocenters. The van der Waals surface area contributed by atoms with Crippen molar-refractivity contribution < 1.29 is 79.5 Å². The number of fused-ring (bicyclic) bond motifs is 5. The third kappa shape index (κ3) is 7.59. The van der Waals surface area contributed by atoms with Crippen molar-refractivity contribution in [2.75, 3.05) is 26.9 Å². The molecule has 16 heteroatoms. The van der Waals surface area contributed by atoms with Gasteiger partial charge in [-0.1, -0.05) is 27.7 Å². The Balaban J connectivity index is 1.06. The van der Waals surface area contributed by atoms with Gasteiger partial charge in [-0.05, 0) is 67.1 Å². The van der Waals surface area contributed by atoms with Crippen LogP contribution in [-0.2, 0) is 28.5 Å². The molecule has 0 aromatic rings. The second-order valence-corrected chi connectivity index (χ2v) is 18.4. The SMILES string of the molecule is COC1COC(OC2C(OCC(C)C(=O)CCC(C)C3CC(O)C4C3(C)CCC3C5(C)CCC(O)C(O)C5C(O)CC34O)OC(C(O)CO)C2O)C(O)C1O. The molecular weight excluding hydrogens is 724 g/mol. The summed E-state index contributed by atoms with van der Waals surface area (Å²) in [6, 6.07) is 0. The lowest BCUT2D eigenvalue weighted by Gasteiger charge is -2.66. The zero-order valence-corrected chi connectivity index (χ0v) is 32.7. The van der Waals surface area contributed by atoms with Crippen LogP contribution in [0.5, 0.6) is 0 Å². The van der Waals surface area contributed by atoms with Crippen LogP contribution in [-0.4, -0.2) is 169 Å². The molecule has 0 aromatic heterocycles. The summed E-state index contributed by atoms with van der Waals surface area (Å²) in [5.41, 5.74) is -2.42. The summed E-state index contributed by atoms with van der Waals surface area (Å²) in [6.45, 7) is 6.91. The minimum atomic E-state index is -1.54. The molecule has 2 aliphatic heterocycles. The molecule has 0 radical (unpaired) electrons. The van der Waals surface area contributed by atoms with Crippen LogP contribution in [0.15, 0.2) is 0 Å². The fourth-order valence-electron chi connectivity index (χ4n) is 12.3. The average Bonchev–Trinajstić information content (AvgIpc) is 3.60. The van der Waals surface area contributed by atoms with E-state index in [4.69, 9.17) is 23.7 Å². The zero-order chi connectivity index (χ0) is 40.4. The van der Waals surface area contributed by atoms with Gasteiger partial charge in [-0.25, -0.2) is 0 Å². The molecule has 4 aliphatic carbocycles. The quantitative estimate of drug-likeness (QED) is 0.103. The molecule has 55 heavy (non-hydrogen) atoms. The van der Waals surface area contributed by atoms with Crippen LogP contribution in [0, 0.1) is 46.3 Å². The molecule has 6 fully saturated rings. The Bertz CT molecular complexity index is 1320. The molecule has 318 valence electrons. The molecule has 0 amide bonds. The zero-order valence-electron chi connectivity index (χ0n) is 32.7. The van der Waals surface area contributed by atoms with Gasteiger partial charge in [0.2, 0.25) is 0 Å². The molecule has 2 saturated heterocycles. The van der Waals surface area contributed by atoms with Crippen molar-refractivity contribution in [1.29, 1.82) is 0 Å². The molecule has 16 nitrogen and oxygen atoms in total. The maximum atomic E-state index is 13.5. The van der Waals surface area contributed by atoms with E-state index in [0.29, 0.717) is 32.1 Å². The fraction of sp³-hybridized carbons (Fsp3) is 0.974. The van der Waals surface area contributed by atoms with E-state index in [1.165, 1.54) is 7.11 Å². The van der Waals surface area contributed by atoms with Crippen LogP contribution < -0.4 is 0 Å². The molecule has 6 aliphatic rings. The summed E-state index contributed by atoms with van der Waals surface area (Å²) >= 11 is 0. The van der Waals surface area contributed by atoms with Gasteiger partial charge in [0.25, 0.3) is 0 Å². The first kappa shape index (κ1) is 43.6. The van der Waals surface area contributed by atoms with Gasteiger partial charge in [-0.2, -0.15) is 0 Å². The van der Waals surface area contributed by atoms with Gasteiger partial charge in [0.15, 0.2) is 12.6 Å². The minimum absolute atomic E-state index is 0.00511. The predicted octanol–water partition coefficient (Wildman–Crippen LogP) is -1.41. The molecule has 6 rings (SSSR count). The van der Waals surface area contributed by atoms with Crippen molar-refractivity contribution in [3.8, 4) is 0 Å². The third-order valence-corrected chi connectivity index (χ3v) is 15.2. The Hall–Kier alpha value is -0.930. The normalized spacial score (nSPS) is 51.5. The van der Waals surface area contributed by atoms with E-state index in [1.54, 1.807) is 6.92 Å². The summed E-state index contributed by atoms with van der Waals surface area (Å²) in [4.78, 5) is 13.5. The molecule has 10 N–H and O–H groups in total. The number of aliphatic hydroxyl groups is 10. The number of rotatable bonds is 13. The monoisotopic (exact) mass is 790 g/mol. The van der Waals surface area contributed by atoms with E-state index < -0.39 is 121 Å². The van der Waals surface area contributed by atoms with Crippen LogP contribution in [0.1, 0.15) is 79.1 Å². The lowest BCUT2D eigenvalue weighted by Crippen LogP contribution is -2.70. The number of hydrogen-bond acceptors (Lipinski definition) is 16. The summed E-state index contributed by atoms with van der Waals surface area (Å²) < 4.78 is 28.1. The molecule has 0 spiro atoms. The van der Waals surface area contributed by atoms with Gasteiger partial charge < -0.3 is 74.7 Å². The van der Waals surface area contributed by atoms with Gasteiger partial charge in [-0.15, -0.1) is 0 Å². The highest BCUT2D eigenvalue weighted by molar-refractivity contribution is 5.80. The first-order valence-electron chi connectivity index (χ1n) is 20.2. The number of carbonyl (C=O) groups excluding carboxylic acids is 1. The van der Waals surface area contributed by atoms with Crippen LogP contribution in [0.2, 0.25) is 0 Å². The van der Waals surface area contributed by atoms with E-state index in [1.807, 2.05) is 6.92 Å². The molecule has 22 atom stereocenters. The van der Waals surface area contributed by atoms with Crippen molar-refractivity contribution >= 4 is 5.78 Å². The first-order chi connectivity index (χ1) is 25.8. The van der Waals surface area contributed by atoms with Crippen molar-refractivity contribution in [3.05, 3.63) is 0 Å². The number of ether oxygens (including phenoxy) is 5. The number of hydrogen-bond donors (Lipinski definition) is 10. The van der Waals surface area contributed by atoms with Gasteiger partial charge >= 0.3 is 0 Å². The lowest BCUT2D eigenvalue weighted by molar-refractivity contribution is -0.305. The summed E-state index contributed by atoms with van der Waals surface area (Å²) in [5, 5.41) is 109. The third-order valence-electron chi connectivity index (χ3n) is 15.2. The van der Waals surface area contributed by atoms with Crippen LogP contribution in [0.3, 0.4) is 0 Å². The number of ketones is 1. The standard InChI is InChI=1S/C39H66O16/c1-17(19-12-22(43)34-37(19,3)11-9-26-38(4)10-8-21(42)28(46)27(38)23(44)13-39(26,34)50)6-7-20(41)18(2)15-52-36-33(31(49)32(54-36)24(45)14-40)55-35-30(48)29(47)25(51-5)16-53-35/h17-19,21-36,40,42-50H,6-16H2,1-5H3. The van der Waals surface area contributed by atoms with E-state index in [0.717, 1.165) is 6.42 Å². The molecule has 4 saturated carbocycles. The first-order valence-corrected chi connectivity index (χ1v) is 20.2. The van der Waals surface area contributed by atoms with Crippen LogP contribution >= 0.6 is 0 Å².